The normalized spacial score (nSPS) is 15.1. The van der Waals surface area contributed by atoms with Crippen molar-refractivity contribution in [1.29, 1.82) is 0 Å². The predicted molar refractivity (Wildman–Crippen MR) is 145 cm³/mol. The van der Waals surface area contributed by atoms with Gasteiger partial charge in [0.05, 0.1) is 10.8 Å². The standard InChI is InChI=1S/C26H25Cl2FN4O3S/c1-3-37(34,35)33-9-8-22-18(13-33)17-10-15(4-7-21(17)32-22)16-11-23(26(30)31-12-16)36-14(2)24-19(27)5-6-20(29)25(24)28/h4-7,10-12,14,32H,3,8-9,13H2,1-2H3,(H2,30,31)/t14-/m1/s1. The average Bonchev–Trinajstić information content (AvgIpc) is 3.25. The molecule has 0 saturated heterocycles. The number of aromatic amines is 1. The Hall–Kier alpha value is -2.85. The number of hydrogen-bond donors (Lipinski definition) is 2. The summed E-state index contributed by atoms with van der Waals surface area (Å²) in [5.74, 6) is -0.0531. The highest BCUT2D eigenvalue weighted by atomic mass is 35.5. The van der Waals surface area contributed by atoms with Gasteiger partial charge in [-0.2, -0.15) is 4.31 Å². The lowest BCUT2D eigenvalue weighted by Gasteiger charge is -2.26. The van der Waals surface area contributed by atoms with Crippen LogP contribution in [0.1, 0.15) is 36.8 Å². The molecule has 7 nitrogen and oxygen atoms in total. The Balaban J connectivity index is 1.49. The summed E-state index contributed by atoms with van der Waals surface area (Å²) in [6.45, 7) is 4.15. The van der Waals surface area contributed by atoms with Crippen molar-refractivity contribution in [1.82, 2.24) is 14.3 Å². The number of sulfonamides is 1. The van der Waals surface area contributed by atoms with Gasteiger partial charge in [-0.1, -0.05) is 29.3 Å². The van der Waals surface area contributed by atoms with E-state index in [0.717, 1.165) is 33.3 Å². The summed E-state index contributed by atoms with van der Waals surface area (Å²) >= 11 is 12.4. The third-order valence-electron chi connectivity index (χ3n) is 6.70. The van der Waals surface area contributed by atoms with Crippen molar-refractivity contribution in [2.75, 3.05) is 18.0 Å². The molecule has 0 saturated carbocycles. The quantitative estimate of drug-likeness (QED) is 0.276. The van der Waals surface area contributed by atoms with Crippen molar-refractivity contribution in [2.45, 2.75) is 32.9 Å². The number of aromatic nitrogens is 2. The van der Waals surface area contributed by atoms with Crippen LogP contribution in [0.5, 0.6) is 5.75 Å². The van der Waals surface area contributed by atoms with Crippen LogP contribution in [0.3, 0.4) is 0 Å². The van der Waals surface area contributed by atoms with Crippen LogP contribution in [0.2, 0.25) is 10.0 Å². The van der Waals surface area contributed by atoms with Gasteiger partial charge in [-0.25, -0.2) is 17.8 Å². The third-order valence-corrected chi connectivity index (χ3v) is 9.24. The van der Waals surface area contributed by atoms with Crippen molar-refractivity contribution in [3.05, 3.63) is 75.3 Å². The summed E-state index contributed by atoms with van der Waals surface area (Å²) in [4.78, 5) is 7.72. The number of halogens is 3. The Morgan fingerprint density at radius 3 is 2.76 bits per heavy atom. The zero-order chi connectivity index (χ0) is 26.5. The number of rotatable bonds is 6. The van der Waals surface area contributed by atoms with E-state index < -0.39 is 21.9 Å². The van der Waals surface area contributed by atoms with Crippen LogP contribution in [-0.2, 0) is 23.0 Å². The average molecular weight is 563 g/mol. The molecule has 2 aromatic carbocycles. The highest BCUT2D eigenvalue weighted by Gasteiger charge is 2.28. The zero-order valence-corrected chi connectivity index (χ0v) is 22.5. The summed E-state index contributed by atoms with van der Waals surface area (Å²) in [6.07, 6.45) is 1.58. The van der Waals surface area contributed by atoms with E-state index in [1.54, 1.807) is 26.1 Å². The molecule has 0 bridgehead atoms. The topological polar surface area (TPSA) is 101 Å². The van der Waals surface area contributed by atoms with Gasteiger partial charge in [-0.05, 0) is 55.3 Å². The third kappa shape index (κ3) is 4.77. The van der Waals surface area contributed by atoms with Crippen molar-refractivity contribution >= 4 is 49.9 Å². The number of H-pyrrole nitrogens is 1. The van der Waals surface area contributed by atoms with Gasteiger partial charge in [0.1, 0.15) is 11.9 Å². The monoisotopic (exact) mass is 562 g/mol. The Morgan fingerprint density at radius 2 is 2.00 bits per heavy atom. The van der Waals surface area contributed by atoms with E-state index in [2.05, 4.69) is 9.97 Å². The van der Waals surface area contributed by atoms with Gasteiger partial charge in [0.2, 0.25) is 10.0 Å². The largest absolute Gasteiger partial charge is 0.482 e. The molecule has 0 fully saturated rings. The van der Waals surface area contributed by atoms with E-state index in [1.807, 2.05) is 18.2 Å². The second kappa shape index (κ2) is 9.79. The lowest BCUT2D eigenvalue weighted by Crippen LogP contribution is -2.36. The first kappa shape index (κ1) is 25.8. The number of pyridine rings is 1. The van der Waals surface area contributed by atoms with Crippen LogP contribution >= 0.6 is 23.2 Å². The Morgan fingerprint density at radius 1 is 1.22 bits per heavy atom. The molecule has 2 aromatic heterocycles. The number of benzene rings is 2. The Bertz CT molecular complexity index is 1620. The Labute approximate surface area is 224 Å². The molecule has 1 aliphatic heterocycles. The number of hydrogen-bond acceptors (Lipinski definition) is 5. The van der Waals surface area contributed by atoms with Crippen LogP contribution in [-0.4, -0.2) is 35.0 Å². The molecule has 4 aromatic rings. The number of nitrogens with two attached hydrogens (primary N) is 1. The van der Waals surface area contributed by atoms with E-state index in [9.17, 15) is 12.8 Å². The number of fused-ring (bicyclic) bond motifs is 3. The number of ether oxygens (including phenoxy) is 1. The molecule has 1 atom stereocenters. The maximum absolute atomic E-state index is 14.0. The maximum atomic E-state index is 14.0. The first-order valence-electron chi connectivity index (χ1n) is 11.8. The molecule has 37 heavy (non-hydrogen) atoms. The minimum absolute atomic E-state index is 0.0697. The second-order valence-electron chi connectivity index (χ2n) is 8.95. The van der Waals surface area contributed by atoms with Crippen LogP contribution < -0.4 is 10.5 Å². The van der Waals surface area contributed by atoms with Crippen molar-refractivity contribution in [3.63, 3.8) is 0 Å². The van der Waals surface area contributed by atoms with E-state index in [-0.39, 0.29) is 21.6 Å². The fraction of sp³-hybridized carbons (Fsp3) is 0.269. The van der Waals surface area contributed by atoms with E-state index in [0.29, 0.717) is 30.8 Å². The summed E-state index contributed by atoms with van der Waals surface area (Å²) < 4.78 is 46.6. The minimum atomic E-state index is -3.29. The fourth-order valence-electron chi connectivity index (χ4n) is 4.66. The van der Waals surface area contributed by atoms with Gasteiger partial charge in [-0.15, -0.1) is 0 Å². The molecular weight excluding hydrogens is 538 g/mol. The van der Waals surface area contributed by atoms with E-state index in [4.69, 9.17) is 33.7 Å². The highest BCUT2D eigenvalue weighted by molar-refractivity contribution is 7.89. The molecular formula is C26H25Cl2FN4O3S. The molecule has 3 N–H and O–H groups in total. The fourth-order valence-corrected chi connectivity index (χ4v) is 6.40. The molecule has 0 aliphatic carbocycles. The smallest absolute Gasteiger partial charge is 0.214 e. The Kier molecular flexibility index (Phi) is 6.83. The molecule has 0 amide bonds. The first-order chi connectivity index (χ1) is 17.6. The van der Waals surface area contributed by atoms with Gasteiger partial charge in [0, 0.05) is 58.5 Å². The lowest BCUT2D eigenvalue weighted by atomic mass is 10.0. The first-order valence-corrected chi connectivity index (χ1v) is 14.1. The molecule has 0 radical (unpaired) electrons. The molecule has 5 rings (SSSR count). The molecule has 0 unspecified atom stereocenters. The summed E-state index contributed by atoms with van der Waals surface area (Å²) in [7, 11) is -3.29. The zero-order valence-electron chi connectivity index (χ0n) is 20.2. The van der Waals surface area contributed by atoms with Crippen molar-refractivity contribution in [2.24, 2.45) is 0 Å². The second-order valence-corrected chi connectivity index (χ2v) is 12.0. The van der Waals surface area contributed by atoms with E-state index >= 15 is 0 Å². The number of anilines is 1. The molecule has 194 valence electrons. The summed E-state index contributed by atoms with van der Waals surface area (Å²) in [5, 5.41) is 1.13. The number of nitrogens with zero attached hydrogens (tertiary/aromatic N) is 2. The van der Waals surface area contributed by atoms with Gasteiger partial charge in [-0.3, -0.25) is 0 Å². The summed E-state index contributed by atoms with van der Waals surface area (Å²) in [5.41, 5.74) is 11.0. The lowest BCUT2D eigenvalue weighted by molar-refractivity contribution is 0.227. The predicted octanol–water partition coefficient (Wildman–Crippen LogP) is 6.11. The number of nitrogen functional groups attached to an aromatic ring is 1. The maximum Gasteiger partial charge on any atom is 0.214 e. The van der Waals surface area contributed by atoms with Crippen LogP contribution in [0, 0.1) is 5.82 Å². The van der Waals surface area contributed by atoms with Crippen LogP contribution in [0.4, 0.5) is 10.2 Å². The summed E-state index contributed by atoms with van der Waals surface area (Å²) in [6, 6.07) is 10.3. The van der Waals surface area contributed by atoms with Gasteiger partial charge < -0.3 is 15.5 Å². The molecule has 3 heterocycles. The SMILES string of the molecule is CCS(=O)(=O)N1CCc2[nH]c3ccc(-c4cnc(N)c(O[C@H](C)c5c(Cl)ccc(F)c5Cl)c4)cc3c2C1. The van der Waals surface area contributed by atoms with Crippen molar-refractivity contribution < 1.29 is 17.5 Å². The highest BCUT2D eigenvalue weighted by Crippen LogP contribution is 2.38. The van der Waals surface area contributed by atoms with Gasteiger partial charge in [0.15, 0.2) is 11.6 Å². The van der Waals surface area contributed by atoms with Gasteiger partial charge in [0.25, 0.3) is 0 Å². The molecule has 0 spiro atoms. The van der Waals surface area contributed by atoms with Gasteiger partial charge >= 0.3 is 0 Å². The van der Waals surface area contributed by atoms with E-state index in [1.165, 1.54) is 16.4 Å². The minimum Gasteiger partial charge on any atom is -0.482 e. The molecule has 11 heteroatoms. The van der Waals surface area contributed by atoms with Crippen LogP contribution in [0.15, 0.2) is 42.6 Å². The molecule has 1 aliphatic rings. The van der Waals surface area contributed by atoms with Crippen LogP contribution in [0.25, 0.3) is 22.0 Å². The van der Waals surface area contributed by atoms with Crippen molar-refractivity contribution in [3.8, 4) is 16.9 Å². The number of nitrogens with one attached hydrogen (secondary N) is 1.